The van der Waals surface area contributed by atoms with E-state index in [0.717, 1.165) is 16.0 Å². The maximum Gasteiger partial charge on any atom is 0.270 e. The summed E-state index contributed by atoms with van der Waals surface area (Å²) in [6.45, 7) is 2.50. The molecule has 0 atom stereocenters. The fourth-order valence-corrected chi connectivity index (χ4v) is 2.85. The molecule has 1 N–H and O–H groups in total. The Morgan fingerprint density at radius 3 is 2.62 bits per heavy atom. The highest BCUT2D eigenvalue weighted by Gasteiger charge is 2.09. The topological polar surface area (TPSA) is 67.8 Å². The number of rotatable bonds is 5. The Kier molecular flexibility index (Phi) is 5.18. The number of nitrogens with zero attached hydrogens (tertiary/aromatic N) is 3. The molecule has 1 amide bonds. The van der Waals surface area contributed by atoms with E-state index in [0.29, 0.717) is 17.4 Å². The second-order valence-corrected chi connectivity index (χ2v) is 6.16. The summed E-state index contributed by atoms with van der Waals surface area (Å²) in [6.07, 6.45) is 4.99. The van der Waals surface area contributed by atoms with Gasteiger partial charge in [-0.3, -0.25) is 9.78 Å². The molecule has 5 nitrogen and oxygen atoms in total. The number of aromatic nitrogens is 3. The van der Waals surface area contributed by atoms with E-state index in [1.165, 1.54) is 11.8 Å². The van der Waals surface area contributed by atoms with Gasteiger partial charge in [-0.1, -0.05) is 24.3 Å². The van der Waals surface area contributed by atoms with Crippen molar-refractivity contribution in [2.24, 2.45) is 0 Å². The third-order valence-electron chi connectivity index (χ3n) is 3.42. The molecule has 0 radical (unpaired) electrons. The molecule has 0 aliphatic carbocycles. The quantitative estimate of drug-likeness (QED) is 0.724. The van der Waals surface area contributed by atoms with Crippen LogP contribution in [0.2, 0.25) is 0 Å². The average molecular weight is 336 g/mol. The van der Waals surface area contributed by atoms with Gasteiger partial charge in [0.15, 0.2) is 5.16 Å². The summed E-state index contributed by atoms with van der Waals surface area (Å²) in [5.74, 6) is -0.199. The van der Waals surface area contributed by atoms with E-state index in [-0.39, 0.29) is 5.91 Å². The van der Waals surface area contributed by atoms with Crippen molar-refractivity contribution in [1.82, 2.24) is 20.3 Å². The van der Waals surface area contributed by atoms with Crippen LogP contribution in [0.5, 0.6) is 0 Å². The van der Waals surface area contributed by atoms with Crippen molar-refractivity contribution >= 4 is 17.7 Å². The predicted octanol–water partition coefficient (Wildman–Crippen LogP) is 3.26. The Labute approximate surface area is 144 Å². The zero-order valence-corrected chi connectivity index (χ0v) is 14.0. The van der Waals surface area contributed by atoms with Crippen LogP contribution in [0, 0.1) is 6.92 Å². The first-order valence-electron chi connectivity index (χ1n) is 7.46. The van der Waals surface area contributed by atoms with Gasteiger partial charge in [0.2, 0.25) is 0 Å². The first kappa shape index (κ1) is 16.1. The van der Waals surface area contributed by atoms with E-state index >= 15 is 0 Å². The van der Waals surface area contributed by atoms with E-state index in [4.69, 9.17) is 0 Å². The molecule has 0 bridgehead atoms. The molecule has 0 fully saturated rings. The summed E-state index contributed by atoms with van der Waals surface area (Å²) in [4.78, 5) is 25.7. The number of aryl methyl sites for hydroxylation is 1. The van der Waals surface area contributed by atoms with Crippen molar-refractivity contribution in [3.63, 3.8) is 0 Å². The summed E-state index contributed by atoms with van der Waals surface area (Å²) in [7, 11) is 0. The molecule has 120 valence electrons. The smallest absolute Gasteiger partial charge is 0.270 e. The second-order valence-electron chi connectivity index (χ2n) is 5.12. The zero-order valence-electron chi connectivity index (χ0n) is 13.1. The molecule has 2 aromatic heterocycles. The highest BCUT2D eigenvalue weighted by atomic mass is 32.2. The van der Waals surface area contributed by atoms with Crippen molar-refractivity contribution in [2.45, 2.75) is 23.5 Å². The maximum absolute atomic E-state index is 12.3. The van der Waals surface area contributed by atoms with Crippen LogP contribution < -0.4 is 5.32 Å². The largest absolute Gasteiger partial charge is 0.347 e. The Bertz CT molecular complexity index is 839. The van der Waals surface area contributed by atoms with E-state index in [1.807, 2.05) is 37.3 Å². The normalized spacial score (nSPS) is 10.4. The fraction of sp³-hybridized carbons (Fsp3) is 0.111. The SMILES string of the molecule is Cc1ccccc1CNC(=O)c1cc(Sc2ncccn2)ccn1. The van der Waals surface area contributed by atoms with Gasteiger partial charge in [0.25, 0.3) is 5.91 Å². The van der Waals surface area contributed by atoms with E-state index < -0.39 is 0 Å². The van der Waals surface area contributed by atoms with Crippen molar-refractivity contribution < 1.29 is 4.79 Å². The predicted molar refractivity (Wildman–Crippen MR) is 92.7 cm³/mol. The average Bonchev–Trinajstić information content (AvgIpc) is 2.62. The van der Waals surface area contributed by atoms with Gasteiger partial charge in [-0.15, -0.1) is 0 Å². The second kappa shape index (κ2) is 7.70. The first-order valence-corrected chi connectivity index (χ1v) is 8.27. The minimum Gasteiger partial charge on any atom is -0.347 e. The summed E-state index contributed by atoms with van der Waals surface area (Å²) in [5, 5.41) is 3.54. The molecule has 6 heteroatoms. The number of carbonyl (C=O) groups is 1. The lowest BCUT2D eigenvalue weighted by molar-refractivity contribution is 0.0945. The van der Waals surface area contributed by atoms with Crippen molar-refractivity contribution in [3.05, 3.63) is 77.9 Å². The molecule has 24 heavy (non-hydrogen) atoms. The minimum atomic E-state index is -0.199. The van der Waals surface area contributed by atoms with Gasteiger partial charge < -0.3 is 5.32 Å². The molecule has 0 saturated heterocycles. The van der Waals surface area contributed by atoms with Crippen LogP contribution in [0.4, 0.5) is 0 Å². The Balaban J connectivity index is 1.67. The third-order valence-corrected chi connectivity index (χ3v) is 4.30. The Morgan fingerprint density at radius 2 is 1.83 bits per heavy atom. The molecule has 0 aliphatic heterocycles. The van der Waals surface area contributed by atoms with Crippen molar-refractivity contribution in [3.8, 4) is 0 Å². The molecule has 3 aromatic rings. The van der Waals surface area contributed by atoms with Crippen LogP contribution in [0.25, 0.3) is 0 Å². The molecule has 0 aliphatic rings. The zero-order chi connectivity index (χ0) is 16.8. The van der Waals surface area contributed by atoms with Crippen LogP contribution in [0.3, 0.4) is 0 Å². The van der Waals surface area contributed by atoms with E-state index in [9.17, 15) is 4.79 Å². The number of amides is 1. The highest BCUT2D eigenvalue weighted by molar-refractivity contribution is 7.99. The van der Waals surface area contributed by atoms with Crippen molar-refractivity contribution in [1.29, 1.82) is 0 Å². The molecule has 0 unspecified atom stereocenters. The van der Waals surface area contributed by atoms with E-state index in [2.05, 4.69) is 20.3 Å². The van der Waals surface area contributed by atoms with Gasteiger partial charge in [0.1, 0.15) is 5.69 Å². The lowest BCUT2D eigenvalue weighted by Crippen LogP contribution is -2.24. The Morgan fingerprint density at radius 1 is 1.04 bits per heavy atom. The number of hydrogen-bond acceptors (Lipinski definition) is 5. The number of carbonyl (C=O) groups excluding carboxylic acids is 1. The summed E-state index contributed by atoms with van der Waals surface area (Å²) < 4.78 is 0. The molecular formula is C18H16N4OS. The lowest BCUT2D eigenvalue weighted by atomic mass is 10.1. The van der Waals surface area contributed by atoms with Gasteiger partial charge in [0, 0.05) is 30.0 Å². The fourth-order valence-electron chi connectivity index (χ4n) is 2.12. The van der Waals surface area contributed by atoms with Gasteiger partial charge in [-0.2, -0.15) is 0 Å². The Hall–Kier alpha value is -2.73. The standard InChI is InChI=1S/C18H16N4OS/c1-13-5-2-3-6-14(13)12-22-17(23)16-11-15(7-10-19-16)24-18-20-8-4-9-21-18/h2-11H,12H2,1H3,(H,22,23). The van der Waals surface area contributed by atoms with Gasteiger partial charge in [-0.25, -0.2) is 9.97 Å². The number of nitrogens with one attached hydrogen (secondary N) is 1. The number of hydrogen-bond donors (Lipinski definition) is 1. The van der Waals surface area contributed by atoms with E-state index in [1.54, 1.807) is 30.7 Å². The maximum atomic E-state index is 12.3. The van der Waals surface area contributed by atoms with Gasteiger partial charge >= 0.3 is 0 Å². The number of pyridine rings is 1. The lowest BCUT2D eigenvalue weighted by Gasteiger charge is -2.08. The number of benzene rings is 1. The molecule has 3 rings (SSSR count). The van der Waals surface area contributed by atoms with Crippen LogP contribution in [0.15, 0.2) is 71.1 Å². The highest BCUT2D eigenvalue weighted by Crippen LogP contribution is 2.23. The summed E-state index contributed by atoms with van der Waals surface area (Å²) >= 11 is 1.39. The molecule has 2 heterocycles. The molecule has 1 aromatic carbocycles. The van der Waals surface area contributed by atoms with Gasteiger partial charge in [0.05, 0.1) is 0 Å². The monoisotopic (exact) mass is 336 g/mol. The first-order chi connectivity index (χ1) is 11.7. The molecular weight excluding hydrogens is 320 g/mol. The van der Waals surface area contributed by atoms with Crippen LogP contribution >= 0.6 is 11.8 Å². The molecule has 0 spiro atoms. The summed E-state index contributed by atoms with van der Waals surface area (Å²) in [5.41, 5.74) is 2.62. The van der Waals surface area contributed by atoms with Crippen LogP contribution in [-0.4, -0.2) is 20.9 Å². The third kappa shape index (κ3) is 4.17. The summed E-state index contributed by atoms with van der Waals surface area (Å²) in [6, 6.07) is 13.3. The van der Waals surface area contributed by atoms with Crippen LogP contribution in [-0.2, 0) is 6.54 Å². The van der Waals surface area contributed by atoms with Gasteiger partial charge in [-0.05, 0) is 48.0 Å². The molecule has 0 saturated carbocycles. The minimum absolute atomic E-state index is 0.199. The van der Waals surface area contributed by atoms with Crippen LogP contribution in [0.1, 0.15) is 21.6 Å². The van der Waals surface area contributed by atoms with Crippen molar-refractivity contribution in [2.75, 3.05) is 0 Å².